The maximum Gasteiger partial charge on any atom is 0.352 e. The molecule has 3 heterocycles. The minimum absolute atomic E-state index is 0.158. The molecule has 4 rings (SSSR count). The fourth-order valence-corrected chi connectivity index (χ4v) is 3.53. The Balaban J connectivity index is 1.53. The summed E-state index contributed by atoms with van der Waals surface area (Å²) in [6.07, 6.45) is 6.46. The first-order valence-electron chi connectivity index (χ1n) is 9.68. The van der Waals surface area contributed by atoms with Crippen molar-refractivity contribution in [2.45, 2.75) is 39.2 Å². The van der Waals surface area contributed by atoms with Crippen molar-refractivity contribution in [1.29, 1.82) is 0 Å². The molecule has 0 unspecified atom stereocenters. The SMILES string of the molecule is Cc1cccc(NC(=O)Cn2nc3nc(N4CCCCCC4)ccn3c2=O)c1. The van der Waals surface area contributed by atoms with Crippen molar-refractivity contribution in [2.24, 2.45) is 0 Å². The predicted molar refractivity (Wildman–Crippen MR) is 108 cm³/mol. The van der Waals surface area contributed by atoms with Gasteiger partial charge in [-0.1, -0.05) is 25.0 Å². The first-order chi connectivity index (χ1) is 13.6. The van der Waals surface area contributed by atoms with Gasteiger partial charge in [0.25, 0.3) is 5.78 Å². The topological polar surface area (TPSA) is 84.5 Å². The average molecular weight is 380 g/mol. The number of anilines is 2. The van der Waals surface area contributed by atoms with Crippen LogP contribution in [0.5, 0.6) is 0 Å². The molecule has 146 valence electrons. The zero-order valence-electron chi connectivity index (χ0n) is 16.0. The maximum absolute atomic E-state index is 12.5. The molecule has 1 aromatic carbocycles. The van der Waals surface area contributed by atoms with E-state index in [4.69, 9.17) is 0 Å². The van der Waals surface area contributed by atoms with Crippen LogP contribution in [0.3, 0.4) is 0 Å². The lowest BCUT2D eigenvalue weighted by Gasteiger charge is -2.20. The minimum atomic E-state index is -0.371. The summed E-state index contributed by atoms with van der Waals surface area (Å²) in [5, 5.41) is 7.06. The molecule has 8 nitrogen and oxygen atoms in total. The molecular formula is C20H24N6O2. The number of rotatable bonds is 4. The predicted octanol–water partition coefficient (Wildman–Crippen LogP) is 2.22. The Hall–Kier alpha value is -3.16. The third-order valence-corrected chi connectivity index (χ3v) is 4.97. The molecule has 28 heavy (non-hydrogen) atoms. The van der Waals surface area contributed by atoms with Crippen LogP contribution in [-0.2, 0) is 11.3 Å². The smallest absolute Gasteiger partial charge is 0.352 e. The minimum Gasteiger partial charge on any atom is -0.356 e. The van der Waals surface area contributed by atoms with Gasteiger partial charge in [-0.05, 0) is 43.5 Å². The number of amides is 1. The van der Waals surface area contributed by atoms with Gasteiger partial charge in [-0.3, -0.25) is 4.79 Å². The van der Waals surface area contributed by atoms with Crippen molar-refractivity contribution in [1.82, 2.24) is 19.2 Å². The molecule has 1 N–H and O–H groups in total. The summed E-state index contributed by atoms with van der Waals surface area (Å²) >= 11 is 0. The van der Waals surface area contributed by atoms with Crippen LogP contribution in [0, 0.1) is 6.92 Å². The lowest BCUT2D eigenvalue weighted by atomic mass is 10.2. The van der Waals surface area contributed by atoms with Crippen LogP contribution in [0.15, 0.2) is 41.3 Å². The monoisotopic (exact) mass is 380 g/mol. The number of hydrogen-bond donors (Lipinski definition) is 1. The Kier molecular flexibility index (Phi) is 5.10. The Labute approximate surface area is 162 Å². The summed E-state index contributed by atoms with van der Waals surface area (Å²) in [5.41, 5.74) is 1.38. The summed E-state index contributed by atoms with van der Waals surface area (Å²) in [6.45, 7) is 3.73. The van der Waals surface area contributed by atoms with E-state index in [-0.39, 0.29) is 18.1 Å². The summed E-state index contributed by atoms with van der Waals surface area (Å²) in [7, 11) is 0. The quantitative estimate of drug-likeness (QED) is 0.750. The summed E-state index contributed by atoms with van der Waals surface area (Å²) in [5.74, 6) is 0.842. The highest BCUT2D eigenvalue weighted by molar-refractivity contribution is 5.90. The van der Waals surface area contributed by atoms with Crippen LogP contribution in [0.25, 0.3) is 5.78 Å². The molecule has 0 bridgehead atoms. The molecule has 1 aliphatic rings. The Morgan fingerprint density at radius 1 is 1.14 bits per heavy atom. The van der Waals surface area contributed by atoms with E-state index in [2.05, 4.69) is 20.3 Å². The van der Waals surface area contributed by atoms with Crippen LogP contribution in [0.4, 0.5) is 11.5 Å². The van der Waals surface area contributed by atoms with Crippen molar-refractivity contribution in [3.8, 4) is 0 Å². The van der Waals surface area contributed by atoms with E-state index in [0.717, 1.165) is 42.0 Å². The van der Waals surface area contributed by atoms with E-state index in [9.17, 15) is 9.59 Å². The van der Waals surface area contributed by atoms with Crippen molar-refractivity contribution in [3.05, 3.63) is 52.6 Å². The van der Waals surface area contributed by atoms with Gasteiger partial charge in [-0.15, -0.1) is 5.10 Å². The molecule has 0 atom stereocenters. The van der Waals surface area contributed by atoms with Gasteiger partial charge in [-0.25, -0.2) is 13.9 Å². The largest absolute Gasteiger partial charge is 0.356 e. The average Bonchev–Trinajstić information content (AvgIpc) is 2.86. The molecule has 0 radical (unpaired) electrons. The van der Waals surface area contributed by atoms with Crippen LogP contribution < -0.4 is 15.9 Å². The zero-order chi connectivity index (χ0) is 19.5. The van der Waals surface area contributed by atoms with Crippen LogP contribution in [0.1, 0.15) is 31.2 Å². The van der Waals surface area contributed by atoms with Gasteiger partial charge in [0.1, 0.15) is 12.4 Å². The molecule has 8 heteroatoms. The van der Waals surface area contributed by atoms with Gasteiger partial charge in [0.05, 0.1) is 0 Å². The first-order valence-corrected chi connectivity index (χ1v) is 9.68. The Bertz CT molecular complexity index is 1050. The molecule has 0 spiro atoms. The van der Waals surface area contributed by atoms with Gasteiger partial charge in [0.2, 0.25) is 5.91 Å². The molecule has 1 fully saturated rings. The Morgan fingerprint density at radius 3 is 2.68 bits per heavy atom. The molecule has 1 aliphatic heterocycles. The number of benzene rings is 1. The van der Waals surface area contributed by atoms with Gasteiger partial charge >= 0.3 is 5.69 Å². The van der Waals surface area contributed by atoms with Gasteiger partial charge < -0.3 is 10.2 Å². The maximum atomic E-state index is 12.5. The summed E-state index contributed by atoms with van der Waals surface area (Å²) in [6, 6.07) is 9.36. The second kappa shape index (κ2) is 7.84. The van der Waals surface area contributed by atoms with Crippen LogP contribution in [-0.4, -0.2) is 38.2 Å². The van der Waals surface area contributed by atoms with Crippen molar-refractivity contribution >= 4 is 23.2 Å². The lowest BCUT2D eigenvalue weighted by Crippen LogP contribution is -2.28. The molecule has 0 saturated carbocycles. The van der Waals surface area contributed by atoms with E-state index in [0.29, 0.717) is 11.5 Å². The van der Waals surface area contributed by atoms with E-state index < -0.39 is 0 Å². The second-order valence-electron chi connectivity index (χ2n) is 7.21. The second-order valence-corrected chi connectivity index (χ2v) is 7.21. The third-order valence-electron chi connectivity index (χ3n) is 4.97. The third kappa shape index (κ3) is 3.90. The molecule has 1 amide bonds. The Morgan fingerprint density at radius 2 is 1.93 bits per heavy atom. The number of nitrogens with one attached hydrogen (secondary N) is 1. The van der Waals surface area contributed by atoms with Crippen molar-refractivity contribution in [3.63, 3.8) is 0 Å². The fourth-order valence-electron chi connectivity index (χ4n) is 3.53. The molecular weight excluding hydrogens is 356 g/mol. The van der Waals surface area contributed by atoms with Crippen molar-refractivity contribution in [2.75, 3.05) is 23.3 Å². The molecule has 2 aromatic heterocycles. The fraction of sp³-hybridized carbons (Fsp3) is 0.400. The zero-order valence-corrected chi connectivity index (χ0v) is 16.0. The number of fused-ring (bicyclic) bond motifs is 1. The lowest BCUT2D eigenvalue weighted by molar-refractivity contribution is -0.117. The van der Waals surface area contributed by atoms with Gasteiger partial charge in [0, 0.05) is 25.0 Å². The summed E-state index contributed by atoms with van der Waals surface area (Å²) in [4.78, 5) is 31.7. The van der Waals surface area contributed by atoms with Crippen molar-refractivity contribution < 1.29 is 4.79 Å². The summed E-state index contributed by atoms with van der Waals surface area (Å²) < 4.78 is 2.53. The van der Waals surface area contributed by atoms with Gasteiger partial charge in [-0.2, -0.15) is 4.98 Å². The number of aromatic nitrogens is 4. The number of nitrogens with zero attached hydrogens (tertiary/aromatic N) is 5. The highest BCUT2D eigenvalue weighted by Crippen LogP contribution is 2.17. The van der Waals surface area contributed by atoms with Gasteiger partial charge in [0.15, 0.2) is 0 Å². The highest BCUT2D eigenvalue weighted by atomic mass is 16.2. The van der Waals surface area contributed by atoms with Crippen LogP contribution in [0.2, 0.25) is 0 Å². The number of carbonyl (C=O) groups is 1. The van der Waals surface area contributed by atoms with Crippen LogP contribution >= 0.6 is 0 Å². The standard InChI is InChI=1S/C20H24N6O2/c1-15-7-6-8-16(13-15)21-18(27)14-26-20(28)25-12-9-17(22-19(25)23-26)24-10-4-2-3-5-11-24/h6-9,12-13H,2-5,10-11,14H2,1H3,(H,21,27). The molecule has 3 aromatic rings. The number of hydrogen-bond acceptors (Lipinski definition) is 5. The highest BCUT2D eigenvalue weighted by Gasteiger charge is 2.15. The number of carbonyl (C=O) groups excluding carboxylic acids is 1. The first kappa shape index (κ1) is 18.2. The van der Waals surface area contributed by atoms with E-state index in [1.807, 2.05) is 37.3 Å². The van der Waals surface area contributed by atoms with E-state index >= 15 is 0 Å². The normalized spacial score (nSPS) is 14.8. The van der Waals surface area contributed by atoms with E-state index in [1.54, 1.807) is 6.20 Å². The molecule has 0 aliphatic carbocycles. The van der Waals surface area contributed by atoms with E-state index in [1.165, 1.54) is 17.2 Å². The number of aryl methyl sites for hydroxylation is 1. The molecule has 1 saturated heterocycles.